The lowest BCUT2D eigenvalue weighted by atomic mass is 10.1. The monoisotopic (exact) mass is 412 g/mol. The lowest BCUT2D eigenvalue weighted by molar-refractivity contribution is 0.459. The first-order chi connectivity index (χ1) is 14.3. The zero-order valence-electron chi connectivity index (χ0n) is 15.2. The van der Waals surface area contributed by atoms with E-state index in [-0.39, 0.29) is 7.69 Å². The van der Waals surface area contributed by atoms with Crippen LogP contribution in [-0.4, -0.2) is 7.69 Å². The smallest absolute Gasteiger partial charge is 0.528 e. The Morgan fingerprint density at radius 3 is 1.55 bits per heavy atom. The normalized spacial score (nSPS) is 10.0. The van der Waals surface area contributed by atoms with Gasteiger partial charge in [-0.3, -0.25) is 0 Å². The molecule has 0 saturated carbocycles. The van der Waals surface area contributed by atoms with Gasteiger partial charge in [0.05, 0.1) is 23.3 Å². The van der Waals surface area contributed by atoms with Crippen LogP contribution in [-0.2, 0) is 0 Å². The Kier molecular flexibility index (Phi) is 5.62. The van der Waals surface area contributed by atoms with Gasteiger partial charge in [0, 0.05) is 20.9 Å². The van der Waals surface area contributed by atoms with Gasteiger partial charge in [-0.15, -0.1) is 22.7 Å². The minimum absolute atomic E-state index is 0.0214. The quantitative estimate of drug-likeness (QED) is 0.386. The molecule has 4 nitrogen and oxygen atoms in total. The average molecular weight is 412 g/mol. The van der Waals surface area contributed by atoms with Gasteiger partial charge in [-0.1, -0.05) is 12.1 Å². The van der Waals surface area contributed by atoms with Crippen LogP contribution in [0.15, 0.2) is 71.4 Å². The molecule has 0 radical (unpaired) electrons. The number of hydrogen-bond donors (Lipinski definition) is 0. The van der Waals surface area contributed by atoms with E-state index in [1.807, 2.05) is 59.3 Å². The summed E-state index contributed by atoms with van der Waals surface area (Å²) in [4.78, 5) is 2.08. The number of rotatable bonds is 6. The van der Waals surface area contributed by atoms with Gasteiger partial charge >= 0.3 is 7.69 Å². The Morgan fingerprint density at radius 1 is 0.690 bits per heavy atom. The second-order valence-electron chi connectivity index (χ2n) is 6.00. The van der Waals surface area contributed by atoms with E-state index >= 15 is 0 Å². The summed E-state index contributed by atoms with van der Waals surface area (Å²) < 4.78 is 11.3. The standard InChI is InChI=1S/C22H13BN2O2S2/c24-13-15-11-17(5-7-19(15)21-3-1-9-28-21)26-23-27-18-6-8-20(16(12-18)14-25)22-4-2-10-29-22/h1-12,23H. The van der Waals surface area contributed by atoms with E-state index in [2.05, 4.69) is 12.1 Å². The van der Waals surface area contributed by atoms with E-state index in [4.69, 9.17) is 9.31 Å². The van der Waals surface area contributed by atoms with Crippen molar-refractivity contribution in [2.45, 2.75) is 0 Å². The molecule has 0 saturated heterocycles. The lowest BCUT2D eigenvalue weighted by Crippen LogP contribution is -2.11. The Bertz CT molecular complexity index is 1110. The number of nitriles is 2. The molecule has 0 fully saturated rings. The van der Waals surface area contributed by atoms with Crippen LogP contribution in [0.25, 0.3) is 20.9 Å². The SMILES string of the molecule is N#Cc1cc(OBOc2ccc(-c3cccs3)c(C#N)c2)ccc1-c1cccs1. The van der Waals surface area contributed by atoms with Gasteiger partial charge in [-0.05, 0) is 59.3 Å². The molecular formula is C22H13BN2O2S2. The summed E-state index contributed by atoms with van der Waals surface area (Å²) in [6, 6.07) is 23.1. The second-order valence-corrected chi connectivity index (χ2v) is 7.89. The predicted octanol–water partition coefficient (Wildman–Crippen LogP) is 5.61. The summed E-state index contributed by atoms with van der Waals surface area (Å²) in [5.74, 6) is 1.11. The topological polar surface area (TPSA) is 66.0 Å². The number of nitrogens with zero attached hydrogens (tertiary/aromatic N) is 2. The van der Waals surface area contributed by atoms with Crippen molar-refractivity contribution in [3.8, 4) is 44.5 Å². The number of thiophene rings is 2. The van der Waals surface area contributed by atoms with Crippen molar-refractivity contribution in [1.29, 1.82) is 10.5 Å². The third kappa shape index (κ3) is 4.17. The zero-order chi connectivity index (χ0) is 20.1. The molecule has 4 aromatic rings. The molecule has 2 aromatic carbocycles. The van der Waals surface area contributed by atoms with Gasteiger partial charge in [0.2, 0.25) is 0 Å². The van der Waals surface area contributed by atoms with Crippen molar-refractivity contribution in [3.63, 3.8) is 0 Å². The first-order valence-electron chi connectivity index (χ1n) is 8.70. The van der Waals surface area contributed by atoms with Gasteiger partial charge in [0.25, 0.3) is 0 Å². The van der Waals surface area contributed by atoms with Crippen LogP contribution in [0.3, 0.4) is 0 Å². The van der Waals surface area contributed by atoms with Gasteiger partial charge in [0.15, 0.2) is 0 Å². The van der Waals surface area contributed by atoms with Crippen molar-refractivity contribution in [3.05, 3.63) is 82.6 Å². The Labute approximate surface area is 177 Å². The molecule has 0 atom stereocenters. The molecule has 0 spiro atoms. The van der Waals surface area contributed by atoms with Crippen LogP contribution in [0.1, 0.15) is 11.1 Å². The fourth-order valence-corrected chi connectivity index (χ4v) is 4.40. The van der Waals surface area contributed by atoms with E-state index in [0.717, 1.165) is 20.9 Å². The van der Waals surface area contributed by atoms with E-state index in [9.17, 15) is 10.5 Å². The first kappa shape index (κ1) is 18.8. The summed E-state index contributed by atoms with van der Waals surface area (Å²) in [7, 11) is -0.0214. The van der Waals surface area contributed by atoms with Crippen LogP contribution >= 0.6 is 22.7 Å². The number of hydrogen-bond acceptors (Lipinski definition) is 6. The summed E-state index contributed by atoms with van der Waals surface area (Å²) in [5, 5.41) is 22.9. The summed E-state index contributed by atoms with van der Waals surface area (Å²) in [6.07, 6.45) is 0. The highest BCUT2D eigenvalue weighted by Gasteiger charge is 2.10. The maximum Gasteiger partial charge on any atom is 0.576 e. The average Bonchev–Trinajstić information content (AvgIpc) is 3.48. The molecule has 0 N–H and O–H groups in total. The van der Waals surface area contributed by atoms with Gasteiger partial charge in [-0.25, -0.2) is 0 Å². The molecule has 0 unspecified atom stereocenters. The van der Waals surface area contributed by atoms with E-state index in [0.29, 0.717) is 22.6 Å². The van der Waals surface area contributed by atoms with Crippen molar-refractivity contribution < 1.29 is 9.31 Å². The molecular weight excluding hydrogens is 399 g/mol. The van der Waals surface area contributed by atoms with Crippen LogP contribution in [0.4, 0.5) is 0 Å². The summed E-state index contributed by atoms with van der Waals surface area (Å²) >= 11 is 3.18. The van der Waals surface area contributed by atoms with E-state index in [1.54, 1.807) is 34.8 Å². The van der Waals surface area contributed by atoms with Crippen molar-refractivity contribution in [1.82, 2.24) is 0 Å². The van der Waals surface area contributed by atoms with Gasteiger partial charge in [-0.2, -0.15) is 10.5 Å². The third-order valence-corrected chi connectivity index (χ3v) is 6.05. The third-order valence-electron chi connectivity index (χ3n) is 4.25. The molecule has 0 aliphatic heterocycles. The molecule has 2 heterocycles. The molecule has 0 aliphatic carbocycles. The highest BCUT2D eigenvalue weighted by molar-refractivity contribution is 7.13. The van der Waals surface area contributed by atoms with Gasteiger partial charge < -0.3 is 9.31 Å². The summed E-state index contributed by atoms with van der Waals surface area (Å²) in [6.45, 7) is 0. The fourth-order valence-electron chi connectivity index (χ4n) is 2.87. The molecule has 138 valence electrons. The first-order valence-corrected chi connectivity index (χ1v) is 10.5. The van der Waals surface area contributed by atoms with Crippen LogP contribution < -0.4 is 9.31 Å². The Balaban J connectivity index is 1.44. The Hall–Kier alpha value is -3.52. The lowest BCUT2D eigenvalue weighted by Gasteiger charge is -2.10. The van der Waals surface area contributed by atoms with Crippen molar-refractivity contribution in [2.24, 2.45) is 0 Å². The second kappa shape index (κ2) is 8.66. The molecule has 0 aliphatic rings. The van der Waals surface area contributed by atoms with Crippen LogP contribution in [0.5, 0.6) is 11.5 Å². The van der Waals surface area contributed by atoms with Gasteiger partial charge in [0.1, 0.15) is 11.5 Å². The Morgan fingerprint density at radius 2 is 1.17 bits per heavy atom. The van der Waals surface area contributed by atoms with Crippen molar-refractivity contribution in [2.75, 3.05) is 0 Å². The van der Waals surface area contributed by atoms with E-state index < -0.39 is 0 Å². The molecule has 0 bridgehead atoms. The maximum absolute atomic E-state index is 9.45. The van der Waals surface area contributed by atoms with E-state index in [1.165, 1.54) is 0 Å². The minimum Gasteiger partial charge on any atom is -0.528 e. The highest BCUT2D eigenvalue weighted by atomic mass is 32.1. The number of benzene rings is 2. The molecule has 2 aromatic heterocycles. The zero-order valence-corrected chi connectivity index (χ0v) is 16.8. The van der Waals surface area contributed by atoms with Crippen LogP contribution in [0.2, 0.25) is 0 Å². The molecule has 7 heteroatoms. The fraction of sp³-hybridized carbons (Fsp3) is 0. The predicted molar refractivity (Wildman–Crippen MR) is 117 cm³/mol. The largest absolute Gasteiger partial charge is 0.576 e. The molecule has 0 amide bonds. The van der Waals surface area contributed by atoms with Crippen LogP contribution in [0, 0.1) is 22.7 Å². The highest BCUT2D eigenvalue weighted by Crippen LogP contribution is 2.31. The molecule has 4 rings (SSSR count). The minimum atomic E-state index is -0.0214. The molecule has 29 heavy (non-hydrogen) atoms. The maximum atomic E-state index is 9.45. The van der Waals surface area contributed by atoms with Crippen molar-refractivity contribution >= 4 is 30.4 Å². The summed E-state index contributed by atoms with van der Waals surface area (Å²) in [5.41, 5.74) is 2.88.